The number of fused-ring (bicyclic) bond motifs is 2. The Labute approximate surface area is 231 Å². The molecule has 1 fully saturated rings. The molecular formula is C27H28BrN6O5+. The monoisotopic (exact) mass is 595 g/mol. The van der Waals surface area contributed by atoms with Crippen LogP contribution in [0.4, 0.5) is 5.95 Å². The van der Waals surface area contributed by atoms with Crippen LogP contribution in [0.25, 0.3) is 11.2 Å². The molecule has 12 heteroatoms. The van der Waals surface area contributed by atoms with Crippen molar-refractivity contribution >= 4 is 38.8 Å². The molecule has 0 unspecified atom stereocenters. The first-order valence-corrected chi connectivity index (χ1v) is 13.5. The lowest BCUT2D eigenvalue weighted by Crippen LogP contribution is -3.13. The van der Waals surface area contributed by atoms with Crippen molar-refractivity contribution in [2.24, 2.45) is 14.1 Å². The van der Waals surface area contributed by atoms with E-state index < -0.39 is 11.2 Å². The molecule has 0 radical (unpaired) electrons. The van der Waals surface area contributed by atoms with Crippen LogP contribution in [0.2, 0.25) is 0 Å². The summed E-state index contributed by atoms with van der Waals surface area (Å²) in [4.78, 5) is 47.4. The van der Waals surface area contributed by atoms with Crippen LogP contribution in [0, 0.1) is 0 Å². The lowest BCUT2D eigenvalue weighted by molar-refractivity contribution is -0.914. The predicted molar refractivity (Wildman–Crippen MR) is 148 cm³/mol. The third-order valence-corrected chi connectivity index (χ3v) is 7.97. The Bertz CT molecular complexity index is 1700. The first kappa shape index (κ1) is 25.4. The number of anilines is 1. The van der Waals surface area contributed by atoms with Gasteiger partial charge in [0.15, 0.2) is 28.4 Å². The van der Waals surface area contributed by atoms with Gasteiger partial charge in [-0.3, -0.25) is 23.3 Å². The van der Waals surface area contributed by atoms with Crippen molar-refractivity contribution in [1.29, 1.82) is 0 Å². The molecular weight excluding hydrogens is 568 g/mol. The number of hydrogen-bond donors (Lipinski definition) is 1. The van der Waals surface area contributed by atoms with Crippen molar-refractivity contribution in [3.63, 3.8) is 0 Å². The maximum absolute atomic E-state index is 13.3. The van der Waals surface area contributed by atoms with E-state index in [4.69, 9.17) is 14.5 Å². The van der Waals surface area contributed by atoms with Gasteiger partial charge in [-0.25, -0.2) is 4.79 Å². The summed E-state index contributed by atoms with van der Waals surface area (Å²) in [5.41, 5.74) is 1.30. The zero-order chi connectivity index (χ0) is 27.3. The number of Topliss-reactive ketones (excluding diaryl/α,β-unsaturated/α-hetero) is 1. The third kappa shape index (κ3) is 4.63. The van der Waals surface area contributed by atoms with Gasteiger partial charge in [0, 0.05) is 29.7 Å². The number of carbonyl (C=O) groups is 1. The molecule has 0 spiro atoms. The molecule has 0 saturated carbocycles. The topological polar surface area (TPSA) is 105 Å². The molecule has 0 aliphatic carbocycles. The molecule has 2 aromatic carbocycles. The maximum Gasteiger partial charge on any atom is 0.332 e. The number of piperazine rings is 1. The summed E-state index contributed by atoms with van der Waals surface area (Å²) in [6.07, 6.45) is 0. The number of benzene rings is 2. The van der Waals surface area contributed by atoms with Crippen molar-refractivity contribution in [3.8, 4) is 11.5 Å². The van der Waals surface area contributed by atoms with Crippen LogP contribution in [0.5, 0.6) is 11.5 Å². The summed E-state index contributed by atoms with van der Waals surface area (Å²) in [6.45, 7) is 4.09. The quantitative estimate of drug-likeness (QED) is 0.327. The highest BCUT2D eigenvalue weighted by Crippen LogP contribution is 2.32. The number of ether oxygens (including phenoxy) is 2. The van der Waals surface area contributed by atoms with Gasteiger partial charge < -0.3 is 19.3 Å². The van der Waals surface area contributed by atoms with Gasteiger partial charge in [-0.05, 0) is 30.3 Å². The molecule has 0 atom stereocenters. The highest BCUT2D eigenvalue weighted by Gasteiger charge is 2.28. The van der Waals surface area contributed by atoms with E-state index in [9.17, 15) is 14.4 Å². The van der Waals surface area contributed by atoms with Crippen molar-refractivity contribution in [2.75, 3.05) is 37.9 Å². The van der Waals surface area contributed by atoms with E-state index >= 15 is 0 Å². The van der Waals surface area contributed by atoms with Crippen molar-refractivity contribution in [1.82, 2.24) is 18.7 Å². The Hall–Kier alpha value is -3.90. The van der Waals surface area contributed by atoms with Gasteiger partial charge in [-0.2, -0.15) is 4.98 Å². The van der Waals surface area contributed by atoms with Crippen molar-refractivity contribution in [2.45, 2.75) is 13.1 Å². The van der Waals surface area contributed by atoms with E-state index in [0.29, 0.717) is 24.6 Å². The minimum atomic E-state index is -0.470. The minimum Gasteiger partial charge on any atom is -0.454 e. The first-order valence-electron chi connectivity index (χ1n) is 12.7. The fraction of sp³-hybridized carbons (Fsp3) is 0.333. The molecule has 4 heterocycles. The predicted octanol–water partition coefficient (Wildman–Crippen LogP) is 0.713. The maximum atomic E-state index is 13.3. The Morgan fingerprint density at radius 2 is 1.72 bits per heavy atom. The number of quaternary nitrogens is 1. The zero-order valence-electron chi connectivity index (χ0n) is 21.6. The average Bonchev–Trinajstić information content (AvgIpc) is 3.56. The molecule has 1 saturated heterocycles. The number of rotatable bonds is 6. The Balaban J connectivity index is 1.29. The largest absolute Gasteiger partial charge is 0.454 e. The molecule has 2 aliphatic heterocycles. The van der Waals surface area contributed by atoms with E-state index in [-0.39, 0.29) is 30.3 Å². The number of nitrogens with one attached hydrogen (secondary N) is 1. The summed E-state index contributed by atoms with van der Waals surface area (Å²) in [5, 5.41) is 0. The number of nitrogens with zero attached hydrogens (tertiary/aromatic N) is 5. The fourth-order valence-electron chi connectivity index (χ4n) is 5.24. The van der Waals surface area contributed by atoms with E-state index in [1.54, 1.807) is 23.7 Å². The van der Waals surface area contributed by atoms with Gasteiger partial charge in [0.2, 0.25) is 12.7 Å². The molecule has 6 rings (SSSR count). The zero-order valence-corrected chi connectivity index (χ0v) is 23.2. The lowest BCUT2D eigenvalue weighted by Gasteiger charge is -2.33. The van der Waals surface area contributed by atoms with E-state index in [1.807, 2.05) is 24.3 Å². The Morgan fingerprint density at radius 1 is 1.00 bits per heavy atom. The highest BCUT2D eigenvalue weighted by molar-refractivity contribution is 9.10. The van der Waals surface area contributed by atoms with E-state index in [0.717, 1.165) is 40.2 Å². The number of halogens is 1. The van der Waals surface area contributed by atoms with Gasteiger partial charge in [0.25, 0.3) is 5.56 Å². The number of ketones is 1. The third-order valence-electron chi connectivity index (χ3n) is 7.44. The number of carbonyl (C=O) groups excluding carboxylic acids is 1. The second-order valence-electron chi connectivity index (χ2n) is 9.91. The standard InChI is InChI=1S/C27H27BrN6O5/c1-30-24-23(25(36)31(2)27(30)37)34(15-20(35)18-4-6-19(28)7-5-18)26(29-24)33-11-9-32(10-12-33)14-17-3-8-21-22(13-17)39-16-38-21/h3-8,13H,9-12,14-16H2,1-2H3/p+1. The molecule has 39 heavy (non-hydrogen) atoms. The fourth-order valence-corrected chi connectivity index (χ4v) is 5.50. The van der Waals surface area contributed by atoms with Crippen LogP contribution >= 0.6 is 15.9 Å². The summed E-state index contributed by atoms with van der Waals surface area (Å²) < 4.78 is 15.9. The summed E-state index contributed by atoms with van der Waals surface area (Å²) in [7, 11) is 3.03. The van der Waals surface area contributed by atoms with E-state index in [1.165, 1.54) is 22.1 Å². The van der Waals surface area contributed by atoms with E-state index in [2.05, 4.69) is 26.9 Å². The van der Waals surface area contributed by atoms with Crippen molar-refractivity contribution in [3.05, 3.63) is 78.9 Å². The molecule has 1 N–H and O–H groups in total. The number of imidazole rings is 1. The first-order chi connectivity index (χ1) is 18.8. The molecule has 11 nitrogen and oxygen atoms in total. The van der Waals surface area contributed by atoms with Gasteiger partial charge in [-0.1, -0.05) is 28.1 Å². The second kappa shape index (κ2) is 10.0. The molecule has 4 aromatic rings. The molecule has 2 aromatic heterocycles. The molecule has 202 valence electrons. The number of hydrogen-bond acceptors (Lipinski definition) is 7. The summed E-state index contributed by atoms with van der Waals surface area (Å²) >= 11 is 3.40. The molecule has 2 aliphatic rings. The van der Waals surface area contributed by atoms with Crippen LogP contribution in [0.15, 0.2) is 56.5 Å². The van der Waals surface area contributed by atoms with Gasteiger partial charge in [0.1, 0.15) is 6.54 Å². The average molecular weight is 596 g/mol. The van der Waals surface area contributed by atoms with Crippen LogP contribution in [0.1, 0.15) is 15.9 Å². The Kier molecular flexibility index (Phi) is 6.51. The Morgan fingerprint density at radius 3 is 2.46 bits per heavy atom. The smallest absolute Gasteiger partial charge is 0.332 e. The molecule has 0 amide bonds. The summed E-state index contributed by atoms with van der Waals surface area (Å²) in [5.74, 6) is 1.93. The van der Waals surface area contributed by atoms with Crippen LogP contribution in [0.3, 0.4) is 0 Å². The normalized spacial score (nSPS) is 15.3. The second-order valence-corrected chi connectivity index (χ2v) is 10.8. The SMILES string of the molecule is Cn1c(=O)c2c(nc(N3CC[NH+](Cc4ccc5c(c4)OCO5)CC3)n2CC(=O)c2ccc(Br)cc2)n(C)c1=O. The minimum absolute atomic E-state index is 0.0643. The van der Waals surface area contributed by atoms with Gasteiger partial charge >= 0.3 is 5.69 Å². The summed E-state index contributed by atoms with van der Waals surface area (Å²) in [6, 6.07) is 13.2. The van der Waals surface area contributed by atoms with Crippen LogP contribution in [-0.4, -0.2) is 57.4 Å². The number of aromatic nitrogens is 4. The molecule has 0 bridgehead atoms. The van der Waals surface area contributed by atoms with Crippen molar-refractivity contribution < 1.29 is 19.2 Å². The van der Waals surface area contributed by atoms with Gasteiger partial charge in [0.05, 0.1) is 32.7 Å². The lowest BCUT2D eigenvalue weighted by atomic mass is 10.1. The number of aryl methyl sites for hydroxylation is 1. The van der Waals surface area contributed by atoms with Crippen LogP contribution in [-0.2, 0) is 27.2 Å². The van der Waals surface area contributed by atoms with Crippen LogP contribution < -0.4 is 30.5 Å². The highest BCUT2D eigenvalue weighted by atomic mass is 79.9. The van der Waals surface area contributed by atoms with Gasteiger partial charge in [-0.15, -0.1) is 0 Å².